The van der Waals surface area contributed by atoms with Crippen LogP contribution in [0.5, 0.6) is 0 Å². The van der Waals surface area contributed by atoms with Crippen LogP contribution in [-0.4, -0.2) is 5.78 Å². The van der Waals surface area contributed by atoms with Gasteiger partial charge in [0.25, 0.3) is 0 Å². The molecule has 2 nitrogen and oxygen atoms in total. The molecule has 1 unspecified atom stereocenters. The van der Waals surface area contributed by atoms with Crippen LogP contribution in [0.3, 0.4) is 0 Å². The molecule has 110 valence electrons. The number of carbonyl (C=O) groups is 1. The van der Waals surface area contributed by atoms with E-state index in [1.165, 1.54) is 44.9 Å². The van der Waals surface area contributed by atoms with Gasteiger partial charge in [-0.1, -0.05) is 71.6 Å². The van der Waals surface area contributed by atoms with E-state index < -0.39 is 0 Å². The largest absolute Gasteiger partial charge is 0.298 e. The minimum Gasteiger partial charge on any atom is -0.298 e. The van der Waals surface area contributed by atoms with Crippen molar-refractivity contribution in [2.45, 2.75) is 90.9 Å². The smallest absolute Gasteiger partial charge is 0.149 e. The van der Waals surface area contributed by atoms with Gasteiger partial charge in [0.15, 0.2) is 0 Å². The number of carbonyl (C=O) groups excluding carboxylic acids is 1. The summed E-state index contributed by atoms with van der Waals surface area (Å²) in [7, 11) is 0. The molecule has 0 radical (unpaired) electrons. The Morgan fingerprint density at radius 2 is 1.42 bits per heavy atom. The van der Waals surface area contributed by atoms with Crippen molar-refractivity contribution in [2.24, 2.45) is 5.92 Å². The number of unbranched alkanes of at least 4 members (excludes halogenated alkanes) is 8. The Balaban J connectivity index is 3.39. The predicted octanol–water partition coefficient (Wildman–Crippen LogP) is 5.42. The maximum absolute atomic E-state index is 11.7. The second-order valence-electron chi connectivity index (χ2n) is 5.52. The third-order valence-corrected chi connectivity index (χ3v) is 3.65. The Bertz CT molecular complexity index is 254. The van der Waals surface area contributed by atoms with Crippen molar-refractivity contribution >= 4 is 5.78 Å². The van der Waals surface area contributed by atoms with Crippen LogP contribution < -0.4 is 0 Å². The lowest BCUT2D eigenvalue weighted by atomic mass is 9.96. The van der Waals surface area contributed by atoms with Gasteiger partial charge in [-0.3, -0.25) is 4.79 Å². The van der Waals surface area contributed by atoms with Crippen molar-refractivity contribution in [1.82, 2.24) is 0 Å². The first-order valence-corrected chi connectivity index (χ1v) is 8.18. The van der Waals surface area contributed by atoms with Gasteiger partial charge in [-0.15, -0.1) is 0 Å². The molecule has 0 aromatic rings. The average molecular weight is 265 g/mol. The van der Waals surface area contributed by atoms with Gasteiger partial charge < -0.3 is 0 Å². The molecule has 0 aliphatic heterocycles. The summed E-state index contributed by atoms with van der Waals surface area (Å²) in [5.41, 5.74) is 0. The molecule has 0 amide bonds. The minimum atomic E-state index is -0.348. The van der Waals surface area contributed by atoms with Gasteiger partial charge in [-0.05, 0) is 12.8 Å². The number of rotatable bonds is 13. The van der Waals surface area contributed by atoms with Crippen molar-refractivity contribution in [3.8, 4) is 6.07 Å². The number of hydrogen-bond donors (Lipinski definition) is 0. The fourth-order valence-electron chi connectivity index (χ4n) is 2.37. The fraction of sp³-hybridized carbons (Fsp3) is 0.882. The first-order chi connectivity index (χ1) is 9.26. The molecule has 0 aromatic heterocycles. The molecule has 0 saturated carbocycles. The standard InChI is InChI=1S/C17H31NO/c1-3-5-6-7-8-9-10-11-12-14-17(19)16(15-18)13-4-2/h16H,3-14H2,1-2H3. The molecule has 0 saturated heterocycles. The maximum Gasteiger partial charge on any atom is 0.149 e. The Labute approximate surface area is 119 Å². The van der Waals surface area contributed by atoms with Crippen molar-refractivity contribution < 1.29 is 4.79 Å². The third-order valence-electron chi connectivity index (χ3n) is 3.65. The molecule has 2 heteroatoms. The number of Topliss-reactive ketones (excluding diaryl/α,β-unsaturated/α-hetero) is 1. The first kappa shape index (κ1) is 18.2. The summed E-state index contributed by atoms with van der Waals surface area (Å²) in [5.74, 6) is -0.189. The lowest BCUT2D eigenvalue weighted by Gasteiger charge is -2.06. The summed E-state index contributed by atoms with van der Waals surface area (Å²) in [5, 5.41) is 8.90. The number of nitrogens with zero attached hydrogens (tertiary/aromatic N) is 1. The molecule has 0 spiro atoms. The van der Waals surface area contributed by atoms with Gasteiger partial charge in [-0.25, -0.2) is 0 Å². The summed E-state index contributed by atoms with van der Waals surface area (Å²) in [4.78, 5) is 11.7. The van der Waals surface area contributed by atoms with Crippen LogP contribution in [-0.2, 0) is 4.79 Å². The van der Waals surface area contributed by atoms with Crippen LogP contribution in [0.1, 0.15) is 90.9 Å². The highest BCUT2D eigenvalue weighted by Crippen LogP contribution is 2.14. The summed E-state index contributed by atoms with van der Waals surface area (Å²) in [6.45, 7) is 4.26. The van der Waals surface area contributed by atoms with Crippen molar-refractivity contribution in [3.05, 3.63) is 0 Å². The van der Waals surface area contributed by atoms with Gasteiger partial charge in [0.05, 0.1) is 6.07 Å². The van der Waals surface area contributed by atoms with E-state index in [9.17, 15) is 4.79 Å². The number of hydrogen-bond acceptors (Lipinski definition) is 2. The van der Waals surface area contributed by atoms with Crippen LogP contribution >= 0.6 is 0 Å². The van der Waals surface area contributed by atoms with Crippen molar-refractivity contribution in [1.29, 1.82) is 5.26 Å². The molecule has 0 aromatic carbocycles. The quantitative estimate of drug-likeness (QED) is 0.417. The monoisotopic (exact) mass is 265 g/mol. The fourth-order valence-corrected chi connectivity index (χ4v) is 2.37. The van der Waals surface area contributed by atoms with Crippen LogP contribution in [0.2, 0.25) is 0 Å². The van der Waals surface area contributed by atoms with Gasteiger partial charge >= 0.3 is 0 Å². The molecular formula is C17H31NO. The zero-order valence-corrected chi connectivity index (χ0v) is 12.9. The summed E-state index contributed by atoms with van der Waals surface area (Å²) >= 11 is 0. The van der Waals surface area contributed by atoms with Gasteiger partial charge in [0.2, 0.25) is 0 Å². The van der Waals surface area contributed by atoms with Gasteiger partial charge in [0.1, 0.15) is 11.7 Å². The second-order valence-corrected chi connectivity index (χ2v) is 5.52. The summed E-state index contributed by atoms with van der Waals surface area (Å²) in [6.07, 6.45) is 13.6. The van der Waals surface area contributed by atoms with E-state index in [0.717, 1.165) is 25.7 Å². The molecule has 19 heavy (non-hydrogen) atoms. The van der Waals surface area contributed by atoms with Crippen LogP contribution in [0, 0.1) is 17.2 Å². The highest BCUT2D eigenvalue weighted by Gasteiger charge is 2.15. The van der Waals surface area contributed by atoms with E-state index in [1.807, 2.05) is 6.92 Å². The van der Waals surface area contributed by atoms with Gasteiger partial charge in [0, 0.05) is 6.42 Å². The van der Waals surface area contributed by atoms with Gasteiger partial charge in [-0.2, -0.15) is 5.26 Å². The van der Waals surface area contributed by atoms with E-state index >= 15 is 0 Å². The highest BCUT2D eigenvalue weighted by atomic mass is 16.1. The molecule has 0 rings (SSSR count). The molecule has 0 aliphatic rings. The molecule has 0 bridgehead atoms. The zero-order valence-electron chi connectivity index (χ0n) is 12.9. The predicted molar refractivity (Wildman–Crippen MR) is 80.9 cm³/mol. The summed E-state index contributed by atoms with van der Waals surface area (Å²) < 4.78 is 0. The number of nitriles is 1. The SMILES string of the molecule is CCCCCCCCCCCC(=O)C(C#N)CCC. The Kier molecular flexibility index (Phi) is 13.0. The molecule has 0 heterocycles. The second kappa shape index (κ2) is 13.6. The van der Waals surface area contributed by atoms with Crippen molar-refractivity contribution in [2.75, 3.05) is 0 Å². The Hall–Kier alpha value is -0.840. The van der Waals surface area contributed by atoms with Crippen LogP contribution in [0.15, 0.2) is 0 Å². The topological polar surface area (TPSA) is 40.9 Å². The maximum atomic E-state index is 11.7. The van der Waals surface area contributed by atoms with E-state index in [0.29, 0.717) is 6.42 Å². The highest BCUT2D eigenvalue weighted by molar-refractivity contribution is 5.83. The van der Waals surface area contributed by atoms with E-state index in [1.54, 1.807) is 0 Å². The Morgan fingerprint density at radius 3 is 1.89 bits per heavy atom. The molecule has 0 N–H and O–H groups in total. The van der Waals surface area contributed by atoms with E-state index in [4.69, 9.17) is 5.26 Å². The lowest BCUT2D eigenvalue weighted by molar-refractivity contribution is -0.121. The Morgan fingerprint density at radius 1 is 0.895 bits per heavy atom. The number of ketones is 1. The normalized spacial score (nSPS) is 12.1. The van der Waals surface area contributed by atoms with E-state index in [2.05, 4.69) is 13.0 Å². The molecule has 1 atom stereocenters. The molecule has 0 fully saturated rings. The lowest BCUT2D eigenvalue weighted by Crippen LogP contribution is -2.11. The minimum absolute atomic E-state index is 0.160. The van der Waals surface area contributed by atoms with Crippen LogP contribution in [0.4, 0.5) is 0 Å². The van der Waals surface area contributed by atoms with E-state index in [-0.39, 0.29) is 11.7 Å². The summed E-state index contributed by atoms with van der Waals surface area (Å²) in [6, 6.07) is 2.13. The van der Waals surface area contributed by atoms with Crippen molar-refractivity contribution in [3.63, 3.8) is 0 Å². The third kappa shape index (κ3) is 10.7. The first-order valence-electron chi connectivity index (χ1n) is 8.18. The zero-order chi connectivity index (χ0) is 14.3. The average Bonchev–Trinajstić information content (AvgIpc) is 2.42. The van der Waals surface area contributed by atoms with Crippen LogP contribution in [0.25, 0.3) is 0 Å². The molecular weight excluding hydrogens is 234 g/mol. The molecule has 0 aliphatic carbocycles.